The van der Waals surface area contributed by atoms with Crippen LogP contribution in [0.15, 0.2) is 49.1 Å². The molecule has 0 atom stereocenters. The van der Waals surface area contributed by atoms with Gasteiger partial charge in [-0.3, -0.25) is 0 Å². The van der Waals surface area contributed by atoms with Crippen molar-refractivity contribution in [2.75, 3.05) is 13.2 Å². The number of benzene rings is 2. The van der Waals surface area contributed by atoms with Gasteiger partial charge in [-0.2, -0.15) is 0 Å². The van der Waals surface area contributed by atoms with Gasteiger partial charge in [-0.15, -0.1) is 6.58 Å². The van der Waals surface area contributed by atoms with E-state index < -0.39 is 0 Å². The largest absolute Gasteiger partial charge is 0.493 e. The number of unbranched alkanes of at least 4 members (excludes halogenated alkanes) is 1. The summed E-state index contributed by atoms with van der Waals surface area (Å²) >= 11 is 0. The number of aromatic nitrogens is 2. The fourth-order valence-electron chi connectivity index (χ4n) is 3.63. The second kappa shape index (κ2) is 10.3. The van der Waals surface area contributed by atoms with Crippen molar-refractivity contribution in [3.63, 3.8) is 0 Å². The molecule has 2 aromatic carbocycles. The highest BCUT2D eigenvalue weighted by Gasteiger charge is 2.12. The molecule has 0 unspecified atom stereocenters. The number of fused-ring (bicyclic) bond motifs is 1. The molecule has 0 aliphatic heterocycles. The Morgan fingerprint density at radius 3 is 2.69 bits per heavy atom. The van der Waals surface area contributed by atoms with Gasteiger partial charge in [0.15, 0.2) is 0 Å². The van der Waals surface area contributed by atoms with E-state index in [0.29, 0.717) is 6.61 Å². The van der Waals surface area contributed by atoms with E-state index in [1.807, 2.05) is 24.3 Å². The molecule has 1 N–H and O–H groups in total. The third-order valence-electron chi connectivity index (χ3n) is 5.37. The Kier molecular flexibility index (Phi) is 7.48. The van der Waals surface area contributed by atoms with Crippen molar-refractivity contribution >= 4 is 11.0 Å². The number of nitrogens with zero attached hydrogens (tertiary/aromatic N) is 2. The Morgan fingerprint density at radius 1 is 1.10 bits per heavy atom. The van der Waals surface area contributed by atoms with Gasteiger partial charge in [-0.1, -0.05) is 24.3 Å². The molecule has 29 heavy (non-hydrogen) atoms. The quantitative estimate of drug-likeness (QED) is 0.362. The van der Waals surface area contributed by atoms with Crippen LogP contribution in [0, 0.1) is 13.8 Å². The summed E-state index contributed by atoms with van der Waals surface area (Å²) in [6, 6.07) is 12.6. The lowest BCUT2D eigenvalue weighted by molar-refractivity contribution is 0.286. The Labute approximate surface area is 173 Å². The van der Waals surface area contributed by atoms with E-state index >= 15 is 0 Å². The second-order valence-corrected chi connectivity index (χ2v) is 7.59. The minimum atomic E-state index is 0.194. The number of para-hydroxylation sites is 1. The van der Waals surface area contributed by atoms with Crippen molar-refractivity contribution < 1.29 is 9.84 Å². The van der Waals surface area contributed by atoms with Gasteiger partial charge in [0.1, 0.15) is 11.6 Å². The summed E-state index contributed by atoms with van der Waals surface area (Å²) in [6.07, 6.45) is 6.27. The molecule has 0 aliphatic rings. The molecule has 3 rings (SSSR count). The minimum Gasteiger partial charge on any atom is -0.493 e. The van der Waals surface area contributed by atoms with Crippen LogP contribution in [0.25, 0.3) is 11.0 Å². The van der Waals surface area contributed by atoms with Gasteiger partial charge in [0.25, 0.3) is 0 Å². The summed E-state index contributed by atoms with van der Waals surface area (Å²) < 4.78 is 8.34. The van der Waals surface area contributed by atoms with E-state index in [9.17, 15) is 5.11 Å². The van der Waals surface area contributed by atoms with Gasteiger partial charge in [0, 0.05) is 19.6 Å². The zero-order valence-corrected chi connectivity index (χ0v) is 17.7. The lowest BCUT2D eigenvalue weighted by Crippen LogP contribution is -2.07. The number of rotatable bonds is 11. The predicted molar refractivity (Wildman–Crippen MR) is 120 cm³/mol. The molecule has 4 heteroatoms. The lowest BCUT2D eigenvalue weighted by Gasteiger charge is -2.12. The highest BCUT2D eigenvalue weighted by molar-refractivity contribution is 5.78. The molecule has 0 aliphatic carbocycles. The molecular formula is C25H32N2O2. The maximum atomic E-state index is 9.24. The zero-order chi connectivity index (χ0) is 20.6. The molecule has 0 bridgehead atoms. The van der Waals surface area contributed by atoms with Crippen molar-refractivity contribution in [3.8, 4) is 5.75 Å². The van der Waals surface area contributed by atoms with Crippen LogP contribution in [-0.4, -0.2) is 27.9 Å². The van der Waals surface area contributed by atoms with E-state index in [4.69, 9.17) is 9.72 Å². The molecule has 4 nitrogen and oxygen atoms in total. The summed E-state index contributed by atoms with van der Waals surface area (Å²) in [5, 5.41) is 9.24. The molecular weight excluding hydrogens is 360 g/mol. The molecule has 3 aromatic rings. The van der Waals surface area contributed by atoms with E-state index in [0.717, 1.165) is 55.7 Å². The van der Waals surface area contributed by atoms with Gasteiger partial charge in [0.2, 0.25) is 0 Å². The minimum absolute atomic E-state index is 0.194. The maximum absolute atomic E-state index is 9.24. The summed E-state index contributed by atoms with van der Waals surface area (Å²) in [7, 11) is 0. The monoisotopic (exact) mass is 392 g/mol. The van der Waals surface area contributed by atoms with Crippen LogP contribution < -0.4 is 4.74 Å². The van der Waals surface area contributed by atoms with E-state index in [-0.39, 0.29) is 6.61 Å². The highest BCUT2D eigenvalue weighted by Crippen LogP contribution is 2.23. The third-order valence-corrected chi connectivity index (χ3v) is 5.37. The normalized spacial score (nSPS) is 11.1. The molecule has 0 radical (unpaired) electrons. The van der Waals surface area contributed by atoms with Crippen LogP contribution in [0.2, 0.25) is 0 Å². The molecule has 0 fully saturated rings. The Hall–Kier alpha value is -2.59. The van der Waals surface area contributed by atoms with Gasteiger partial charge in [-0.05, 0) is 74.4 Å². The van der Waals surface area contributed by atoms with Crippen LogP contribution >= 0.6 is 0 Å². The first-order valence-corrected chi connectivity index (χ1v) is 10.5. The van der Waals surface area contributed by atoms with Crippen molar-refractivity contribution in [1.29, 1.82) is 0 Å². The number of hydrogen-bond donors (Lipinski definition) is 1. The SMILES string of the molecule is C=CCc1ccccc1OCCCCn1c(CCCO)nc2cc(C)c(C)cc21. The molecule has 0 amide bonds. The summed E-state index contributed by atoms with van der Waals surface area (Å²) in [5.74, 6) is 2.02. The number of aryl methyl sites for hydroxylation is 4. The van der Waals surface area contributed by atoms with Crippen molar-refractivity contribution in [2.24, 2.45) is 0 Å². The number of hydrogen-bond acceptors (Lipinski definition) is 3. The average molecular weight is 393 g/mol. The average Bonchev–Trinajstić information content (AvgIpc) is 3.04. The van der Waals surface area contributed by atoms with E-state index in [2.05, 4.69) is 43.2 Å². The summed E-state index contributed by atoms with van der Waals surface area (Å²) in [6.45, 7) is 9.90. The molecule has 1 heterocycles. The van der Waals surface area contributed by atoms with Crippen LogP contribution in [0.4, 0.5) is 0 Å². The number of ether oxygens (including phenoxy) is 1. The molecule has 0 saturated carbocycles. The standard InChI is InChI=1S/C25H32N2O2/c1-4-10-21-11-5-6-12-24(21)29-16-8-7-14-27-23-18-20(3)19(2)17-22(23)26-25(27)13-9-15-28/h4-6,11-12,17-18,28H,1,7-10,13-16H2,2-3H3. The van der Waals surface area contributed by atoms with Gasteiger partial charge >= 0.3 is 0 Å². The summed E-state index contributed by atoms with van der Waals surface area (Å²) in [5.41, 5.74) is 5.98. The smallest absolute Gasteiger partial charge is 0.122 e. The zero-order valence-electron chi connectivity index (χ0n) is 17.7. The predicted octanol–water partition coefficient (Wildman–Crippen LogP) is 5.17. The van der Waals surface area contributed by atoms with Gasteiger partial charge in [0.05, 0.1) is 17.6 Å². The van der Waals surface area contributed by atoms with E-state index in [1.54, 1.807) is 0 Å². The Bertz CT molecular complexity index is 959. The topological polar surface area (TPSA) is 47.3 Å². The number of imidazole rings is 1. The van der Waals surface area contributed by atoms with Crippen LogP contribution in [0.5, 0.6) is 5.75 Å². The van der Waals surface area contributed by atoms with E-state index in [1.165, 1.54) is 22.2 Å². The number of allylic oxidation sites excluding steroid dienone is 1. The first-order chi connectivity index (χ1) is 14.1. The first-order valence-electron chi connectivity index (χ1n) is 10.5. The van der Waals surface area contributed by atoms with Crippen molar-refractivity contribution in [1.82, 2.24) is 9.55 Å². The fraction of sp³-hybridized carbons (Fsp3) is 0.400. The molecule has 1 aromatic heterocycles. The van der Waals surface area contributed by atoms with Crippen LogP contribution in [0.1, 0.15) is 41.8 Å². The molecule has 0 spiro atoms. The highest BCUT2D eigenvalue weighted by atomic mass is 16.5. The molecule has 154 valence electrons. The fourth-order valence-corrected chi connectivity index (χ4v) is 3.63. The second-order valence-electron chi connectivity index (χ2n) is 7.59. The molecule has 0 saturated heterocycles. The first kappa shape index (κ1) is 21.1. The Balaban J connectivity index is 1.64. The lowest BCUT2D eigenvalue weighted by atomic mass is 10.1. The third kappa shape index (κ3) is 5.27. The van der Waals surface area contributed by atoms with Crippen LogP contribution in [0.3, 0.4) is 0 Å². The number of aliphatic hydroxyl groups is 1. The van der Waals surface area contributed by atoms with Gasteiger partial charge in [-0.25, -0.2) is 4.98 Å². The van der Waals surface area contributed by atoms with Crippen LogP contribution in [-0.2, 0) is 19.4 Å². The maximum Gasteiger partial charge on any atom is 0.122 e. The van der Waals surface area contributed by atoms with Crippen molar-refractivity contribution in [3.05, 3.63) is 71.6 Å². The number of aliphatic hydroxyl groups excluding tert-OH is 1. The Morgan fingerprint density at radius 2 is 1.90 bits per heavy atom. The van der Waals surface area contributed by atoms with Gasteiger partial charge < -0.3 is 14.4 Å². The summed E-state index contributed by atoms with van der Waals surface area (Å²) in [4.78, 5) is 4.84. The van der Waals surface area contributed by atoms with Crippen molar-refractivity contribution in [2.45, 2.75) is 52.5 Å².